The molecule has 0 aliphatic carbocycles. The van der Waals surface area contributed by atoms with E-state index in [1.54, 1.807) is 6.20 Å². The molecule has 1 aromatic carbocycles. The van der Waals surface area contributed by atoms with Gasteiger partial charge in [0.25, 0.3) is 5.91 Å². The Kier molecular flexibility index (Phi) is 7.07. The number of nitrogens with one attached hydrogen (secondary N) is 1. The highest BCUT2D eigenvalue weighted by Crippen LogP contribution is 2.36. The van der Waals surface area contributed by atoms with E-state index in [1.807, 2.05) is 16.8 Å². The van der Waals surface area contributed by atoms with Crippen molar-refractivity contribution in [2.24, 2.45) is 0 Å². The van der Waals surface area contributed by atoms with Crippen molar-refractivity contribution in [3.05, 3.63) is 76.5 Å². The van der Waals surface area contributed by atoms with Crippen LogP contribution in [0.2, 0.25) is 0 Å². The summed E-state index contributed by atoms with van der Waals surface area (Å²) in [6.07, 6.45) is -2.94. The van der Waals surface area contributed by atoms with Gasteiger partial charge >= 0.3 is 6.18 Å². The summed E-state index contributed by atoms with van der Waals surface area (Å²) in [5.74, 6) is -0.0421. The number of fused-ring (bicyclic) bond motifs is 1. The Bertz CT molecular complexity index is 1380. The second-order valence-electron chi connectivity index (χ2n) is 8.69. The summed E-state index contributed by atoms with van der Waals surface area (Å²) in [6, 6.07) is 9.69. The molecular formula is C26H23F4N5OS. The Morgan fingerprint density at radius 2 is 1.78 bits per heavy atom. The number of halogens is 4. The minimum atomic E-state index is -4.54. The maximum absolute atomic E-state index is 13.4. The number of nitrogens with zero attached hydrogens (tertiary/aromatic N) is 4. The molecule has 0 unspecified atom stereocenters. The molecule has 4 heterocycles. The smallest absolute Gasteiger partial charge is 0.353 e. The number of carbonyl (C=O) groups is 1. The fourth-order valence-corrected chi connectivity index (χ4v) is 5.01. The van der Waals surface area contributed by atoms with Crippen molar-refractivity contribution in [3.8, 4) is 11.1 Å². The Hall–Kier alpha value is -3.57. The number of thiophene rings is 1. The van der Waals surface area contributed by atoms with E-state index in [4.69, 9.17) is 0 Å². The van der Waals surface area contributed by atoms with Gasteiger partial charge in [-0.15, -0.1) is 0 Å². The Morgan fingerprint density at radius 3 is 2.46 bits per heavy atom. The van der Waals surface area contributed by atoms with Crippen molar-refractivity contribution in [2.45, 2.75) is 6.18 Å². The van der Waals surface area contributed by atoms with Crippen molar-refractivity contribution in [3.63, 3.8) is 0 Å². The molecule has 11 heteroatoms. The minimum absolute atomic E-state index is 0.259. The number of aromatic nitrogens is 2. The average molecular weight is 530 g/mol. The highest BCUT2D eigenvalue weighted by Gasteiger charge is 2.33. The standard InChI is InChI=1S/C26H23F4N5OS/c27-19-3-1-17(2-4-19)25(36)31-8-9-34-10-12-35(13-11-34)24-20-5-6-22(26(28,29)30)33-23(20)21(15-32-24)18-7-14-37-16-18/h1-7,14-16H,8-13H2,(H,31,36). The van der Waals surface area contributed by atoms with Crippen LogP contribution < -0.4 is 10.2 Å². The number of anilines is 1. The number of hydrogen-bond donors (Lipinski definition) is 1. The molecular weight excluding hydrogens is 506 g/mol. The van der Waals surface area contributed by atoms with Gasteiger partial charge in [0.1, 0.15) is 17.3 Å². The van der Waals surface area contributed by atoms with Crippen LogP contribution in [0.1, 0.15) is 16.1 Å². The molecule has 0 bridgehead atoms. The number of hydrogen-bond acceptors (Lipinski definition) is 6. The summed E-state index contributed by atoms with van der Waals surface area (Å²) in [4.78, 5) is 25.1. The van der Waals surface area contributed by atoms with E-state index in [2.05, 4.69) is 25.1 Å². The zero-order chi connectivity index (χ0) is 26.0. The molecule has 6 nitrogen and oxygen atoms in total. The predicted octanol–water partition coefficient (Wildman–Crippen LogP) is 5.07. The summed E-state index contributed by atoms with van der Waals surface area (Å²) in [6.45, 7) is 3.75. The lowest BCUT2D eigenvalue weighted by Crippen LogP contribution is -2.48. The van der Waals surface area contributed by atoms with Crippen LogP contribution in [-0.2, 0) is 6.18 Å². The molecule has 3 aromatic heterocycles. The van der Waals surface area contributed by atoms with E-state index < -0.39 is 17.7 Å². The zero-order valence-electron chi connectivity index (χ0n) is 19.6. The fourth-order valence-electron chi connectivity index (χ4n) is 4.35. The van der Waals surface area contributed by atoms with Crippen LogP contribution in [-0.4, -0.2) is 60.0 Å². The van der Waals surface area contributed by atoms with Crippen molar-refractivity contribution < 1.29 is 22.4 Å². The number of benzene rings is 1. The summed E-state index contributed by atoms with van der Waals surface area (Å²) in [7, 11) is 0. The van der Waals surface area contributed by atoms with E-state index in [0.717, 1.165) is 11.6 Å². The molecule has 192 valence electrons. The first kappa shape index (κ1) is 25.1. The van der Waals surface area contributed by atoms with Gasteiger partial charge in [-0.2, -0.15) is 24.5 Å². The fraction of sp³-hybridized carbons (Fsp3) is 0.269. The van der Waals surface area contributed by atoms with Gasteiger partial charge in [-0.1, -0.05) is 0 Å². The molecule has 1 fully saturated rings. The van der Waals surface area contributed by atoms with E-state index in [-0.39, 0.29) is 11.4 Å². The molecule has 1 N–H and O–H groups in total. The molecule has 0 atom stereocenters. The molecule has 1 saturated heterocycles. The number of amides is 1. The van der Waals surface area contributed by atoms with Crippen molar-refractivity contribution in [2.75, 3.05) is 44.2 Å². The van der Waals surface area contributed by atoms with Crippen molar-refractivity contribution >= 4 is 34.0 Å². The lowest BCUT2D eigenvalue weighted by atomic mass is 10.1. The molecule has 0 spiro atoms. The van der Waals surface area contributed by atoms with Gasteiger partial charge in [0.15, 0.2) is 0 Å². The summed E-state index contributed by atoms with van der Waals surface area (Å²) in [5.41, 5.74) is 1.11. The quantitative estimate of drug-likeness (QED) is 0.354. The lowest BCUT2D eigenvalue weighted by molar-refractivity contribution is -0.140. The molecule has 1 aliphatic rings. The maximum Gasteiger partial charge on any atom is 0.433 e. The summed E-state index contributed by atoms with van der Waals surface area (Å²) >= 11 is 1.46. The van der Waals surface area contributed by atoms with Gasteiger partial charge in [0.05, 0.1) is 5.52 Å². The summed E-state index contributed by atoms with van der Waals surface area (Å²) in [5, 5.41) is 7.15. The number of rotatable bonds is 6. The third-order valence-corrected chi connectivity index (χ3v) is 7.00. The van der Waals surface area contributed by atoms with Crippen LogP contribution in [0.25, 0.3) is 22.0 Å². The highest BCUT2D eigenvalue weighted by molar-refractivity contribution is 7.08. The molecule has 1 amide bonds. The van der Waals surface area contributed by atoms with Gasteiger partial charge in [0, 0.05) is 62.0 Å². The monoisotopic (exact) mass is 529 g/mol. The minimum Gasteiger partial charge on any atom is -0.353 e. The first-order chi connectivity index (χ1) is 17.8. The van der Waals surface area contributed by atoms with E-state index in [9.17, 15) is 22.4 Å². The van der Waals surface area contributed by atoms with Crippen molar-refractivity contribution in [1.29, 1.82) is 0 Å². The number of pyridine rings is 2. The Balaban J connectivity index is 1.27. The second-order valence-corrected chi connectivity index (χ2v) is 9.47. The van der Waals surface area contributed by atoms with Crippen LogP contribution in [0.5, 0.6) is 0 Å². The zero-order valence-corrected chi connectivity index (χ0v) is 20.4. The lowest BCUT2D eigenvalue weighted by Gasteiger charge is -2.36. The van der Waals surface area contributed by atoms with Gasteiger partial charge in [-0.3, -0.25) is 9.69 Å². The SMILES string of the molecule is O=C(NCCN1CCN(c2ncc(-c3ccsc3)c3nc(C(F)(F)F)ccc23)CC1)c1ccc(F)cc1. The van der Waals surface area contributed by atoms with Gasteiger partial charge in [-0.25, -0.2) is 14.4 Å². The molecule has 0 radical (unpaired) electrons. The molecule has 4 aromatic rings. The highest BCUT2D eigenvalue weighted by atomic mass is 32.1. The third kappa shape index (κ3) is 5.57. The second kappa shape index (κ2) is 10.4. The van der Waals surface area contributed by atoms with Crippen LogP contribution in [0, 0.1) is 5.82 Å². The normalized spacial score (nSPS) is 14.8. The van der Waals surface area contributed by atoms with Crippen molar-refractivity contribution in [1.82, 2.24) is 20.2 Å². The largest absolute Gasteiger partial charge is 0.433 e. The predicted molar refractivity (Wildman–Crippen MR) is 135 cm³/mol. The number of piperazine rings is 1. The topological polar surface area (TPSA) is 61.4 Å². The van der Waals surface area contributed by atoms with Gasteiger partial charge in [0.2, 0.25) is 0 Å². The Morgan fingerprint density at radius 1 is 1.03 bits per heavy atom. The van der Waals surface area contributed by atoms with Gasteiger partial charge in [-0.05, 0) is 58.8 Å². The first-order valence-electron chi connectivity index (χ1n) is 11.7. The molecule has 37 heavy (non-hydrogen) atoms. The average Bonchev–Trinajstić information content (AvgIpc) is 3.43. The van der Waals surface area contributed by atoms with Crippen LogP contribution in [0.4, 0.5) is 23.4 Å². The maximum atomic E-state index is 13.4. The molecule has 5 rings (SSSR count). The van der Waals surface area contributed by atoms with E-state index in [1.165, 1.54) is 41.7 Å². The Labute approximate surface area is 214 Å². The number of alkyl halides is 3. The van der Waals surface area contributed by atoms with E-state index >= 15 is 0 Å². The molecule has 0 saturated carbocycles. The first-order valence-corrected chi connectivity index (χ1v) is 12.6. The van der Waals surface area contributed by atoms with Gasteiger partial charge < -0.3 is 10.2 Å². The third-order valence-electron chi connectivity index (χ3n) is 6.32. The number of carbonyl (C=O) groups excluding carboxylic acids is 1. The van der Waals surface area contributed by atoms with E-state index in [0.29, 0.717) is 61.6 Å². The van der Waals surface area contributed by atoms with Crippen LogP contribution >= 0.6 is 11.3 Å². The summed E-state index contributed by atoms with van der Waals surface area (Å²) < 4.78 is 53.3. The van der Waals surface area contributed by atoms with Crippen LogP contribution in [0.15, 0.2) is 59.4 Å². The van der Waals surface area contributed by atoms with Crippen LogP contribution in [0.3, 0.4) is 0 Å². The molecule has 1 aliphatic heterocycles.